The van der Waals surface area contributed by atoms with Gasteiger partial charge in [0.25, 0.3) is 0 Å². The number of benzene rings is 1. The summed E-state index contributed by atoms with van der Waals surface area (Å²) >= 11 is 4.17. The molecule has 1 nitrogen and oxygen atoms in total. The van der Waals surface area contributed by atoms with Crippen molar-refractivity contribution < 1.29 is 13.5 Å². The Balaban J connectivity index is 2.62. The van der Waals surface area contributed by atoms with Gasteiger partial charge in [0.15, 0.2) is 11.6 Å². The monoisotopic (exact) mass is 232 g/mol. The second-order valence-electron chi connectivity index (χ2n) is 4.19. The molecule has 0 aliphatic rings. The Bertz CT molecular complexity index is 339. The van der Waals surface area contributed by atoms with Gasteiger partial charge in [0.2, 0.25) is 0 Å². The Hall–Kier alpha value is -0.770. The third-order valence-electron chi connectivity index (χ3n) is 1.95. The van der Waals surface area contributed by atoms with Crippen molar-refractivity contribution in [2.75, 3.05) is 12.4 Å². The van der Waals surface area contributed by atoms with E-state index >= 15 is 0 Å². The van der Waals surface area contributed by atoms with Crippen LogP contribution in [0.15, 0.2) is 18.2 Å². The highest BCUT2D eigenvalue weighted by Gasteiger charge is 2.16. The van der Waals surface area contributed by atoms with Crippen LogP contribution in [-0.4, -0.2) is 12.4 Å². The van der Waals surface area contributed by atoms with E-state index in [-0.39, 0.29) is 5.41 Å². The zero-order chi connectivity index (χ0) is 11.5. The normalized spacial score (nSPS) is 11.5. The molecule has 0 N–H and O–H groups in total. The molecule has 0 saturated carbocycles. The summed E-state index contributed by atoms with van der Waals surface area (Å²) in [6.07, 6.45) is 0. The van der Waals surface area contributed by atoms with Gasteiger partial charge in [-0.1, -0.05) is 13.8 Å². The molecule has 0 radical (unpaired) electrons. The maximum Gasteiger partial charge on any atom is 0.162 e. The summed E-state index contributed by atoms with van der Waals surface area (Å²) in [5.74, 6) is -0.757. The predicted octanol–water partition coefficient (Wildman–Crippen LogP) is 3.30. The van der Waals surface area contributed by atoms with E-state index in [9.17, 15) is 8.78 Å². The fraction of sp³-hybridized carbons (Fsp3) is 0.455. The van der Waals surface area contributed by atoms with E-state index < -0.39 is 11.6 Å². The third kappa shape index (κ3) is 3.70. The molecule has 0 spiro atoms. The Morgan fingerprint density at radius 2 is 1.93 bits per heavy atom. The highest BCUT2D eigenvalue weighted by Crippen LogP contribution is 2.21. The number of thiol groups is 1. The van der Waals surface area contributed by atoms with Crippen LogP contribution in [0.25, 0.3) is 0 Å². The maximum atomic E-state index is 12.8. The van der Waals surface area contributed by atoms with Crippen LogP contribution in [0, 0.1) is 17.0 Å². The molecule has 0 aromatic heterocycles. The Labute approximate surface area is 93.9 Å². The lowest BCUT2D eigenvalue weighted by atomic mass is 9.98. The van der Waals surface area contributed by atoms with Crippen molar-refractivity contribution in [2.45, 2.75) is 13.8 Å². The number of ether oxygens (including phenoxy) is 1. The molecule has 1 rings (SSSR count). The SMILES string of the molecule is CC(C)(CS)COc1ccc(F)c(F)c1. The molecule has 15 heavy (non-hydrogen) atoms. The first-order valence-corrected chi connectivity index (χ1v) is 5.26. The molecule has 1 aromatic carbocycles. The topological polar surface area (TPSA) is 9.23 Å². The lowest BCUT2D eigenvalue weighted by molar-refractivity contribution is 0.201. The molecule has 0 saturated heterocycles. The standard InChI is InChI=1S/C11H14F2OS/c1-11(2,7-15)6-14-8-3-4-9(12)10(13)5-8/h3-5,15H,6-7H2,1-2H3. The average molecular weight is 232 g/mol. The zero-order valence-electron chi connectivity index (χ0n) is 8.76. The second-order valence-corrected chi connectivity index (χ2v) is 4.50. The fourth-order valence-corrected chi connectivity index (χ4v) is 0.982. The molecule has 0 heterocycles. The summed E-state index contributed by atoms with van der Waals surface area (Å²) in [4.78, 5) is 0. The summed E-state index contributed by atoms with van der Waals surface area (Å²) in [5, 5.41) is 0. The van der Waals surface area contributed by atoms with Crippen molar-refractivity contribution in [1.29, 1.82) is 0 Å². The van der Waals surface area contributed by atoms with E-state index in [0.29, 0.717) is 18.1 Å². The lowest BCUT2D eigenvalue weighted by Gasteiger charge is -2.22. The molecule has 0 aliphatic heterocycles. The molecule has 0 unspecified atom stereocenters. The molecule has 1 aromatic rings. The van der Waals surface area contributed by atoms with E-state index in [4.69, 9.17) is 4.74 Å². The smallest absolute Gasteiger partial charge is 0.162 e. The van der Waals surface area contributed by atoms with E-state index in [1.807, 2.05) is 13.8 Å². The van der Waals surface area contributed by atoms with E-state index in [0.717, 1.165) is 12.1 Å². The Kier molecular flexibility index (Phi) is 3.97. The number of rotatable bonds is 4. The van der Waals surface area contributed by atoms with Gasteiger partial charge >= 0.3 is 0 Å². The molecule has 0 aliphatic carbocycles. The van der Waals surface area contributed by atoms with Crippen molar-refractivity contribution in [3.63, 3.8) is 0 Å². The van der Waals surface area contributed by atoms with E-state index in [1.54, 1.807) is 0 Å². The first-order chi connectivity index (χ1) is 6.94. The maximum absolute atomic E-state index is 12.8. The van der Waals surface area contributed by atoms with Crippen molar-refractivity contribution in [1.82, 2.24) is 0 Å². The van der Waals surface area contributed by atoms with Crippen LogP contribution in [0.5, 0.6) is 5.75 Å². The van der Waals surface area contributed by atoms with Crippen LogP contribution in [0.3, 0.4) is 0 Å². The Morgan fingerprint density at radius 3 is 2.47 bits per heavy atom. The fourth-order valence-electron chi connectivity index (χ4n) is 0.891. The largest absolute Gasteiger partial charge is 0.493 e. The van der Waals surface area contributed by atoms with Gasteiger partial charge in [-0.3, -0.25) is 0 Å². The van der Waals surface area contributed by atoms with Gasteiger partial charge in [-0.15, -0.1) is 0 Å². The lowest BCUT2D eigenvalue weighted by Crippen LogP contribution is -2.23. The minimum absolute atomic E-state index is 0.0893. The Morgan fingerprint density at radius 1 is 1.27 bits per heavy atom. The summed E-state index contributed by atoms with van der Waals surface area (Å²) in [6, 6.07) is 3.51. The number of hydrogen-bond donors (Lipinski definition) is 1. The second kappa shape index (κ2) is 4.84. The van der Waals surface area contributed by atoms with Crippen LogP contribution < -0.4 is 4.74 Å². The van der Waals surface area contributed by atoms with Gasteiger partial charge in [-0.05, 0) is 17.9 Å². The van der Waals surface area contributed by atoms with Crippen molar-refractivity contribution in [3.05, 3.63) is 29.8 Å². The number of halogens is 2. The zero-order valence-corrected chi connectivity index (χ0v) is 9.65. The van der Waals surface area contributed by atoms with Crippen LogP contribution in [0.1, 0.15) is 13.8 Å². The summed E-state index contributed by atoms with van der Waals surface area (Å²) in [5.41, 5.74) is -0.0893. The molecule has 84 valence electrons. The third-order valence-corrected chi connectivity index (χ3v) is 2.80. The average Bonchev–Trinajstić information content (AvgIpc) is 2.20. The highest BCUT2D eigenvalue weighted by molar-refractivity contribution is 7.80. The molecular weight excluding hydrogens is 218 g/mol. The van der Waals surface area contributed by atoms with Crippen LogP contribution in [-0.2, 0) is 0 Å². The van der Waals surface area contributed by atoms with Crippen LogP contribution >= 0.6 is 12.6 Å². The number of hydrogen-bond acceptors (Lipinski definition) is 2. The van der Waals surface area contributed by atoms with Gasteiger partial charge in [0.1, 0.15) is 5.75 Å². The molecule has 4 heteroatoms. The molecular formula is C11H14F2OS. The molecule has 0 bridgehead atoms. The summed E-state index contributed by atoms with van der Waals surface area (Å²) < 4.78 is 30.7. The first-order valence-electron chi connectivity index (χ1n) is 4.63. The van der Waals surface area contributed by atoms with Crippen LogP contribution in [0.2, 0.25) is 0 Å². The van der Waals surface area contributed by atoms with Gasteiger partial charge in [-0.25, -0.2) is 8.78 Å². The van der Waals surface area contributed by atoms with Gasteiger partial charge in [0.05, 0.1) is 6.61 Å². The van der Waals surface area contributed by atoms with E-state index in [1.165, 1.54) is 6.07 Å². The van der Waals surface area contributed by atoms with Gasteiger partial charge in [0, 0.05) is 11.5 Å². The molecule has 0 amide bonds. The van der Waals surface area contributed by atoms with Gasteiger partial charge in [-0.2, -0.15) is 12.6 Å². The van der Waals surface area contributed by atoms with Crippen molar-refractivity contribution >= 4 is 12.6 Å². The molecule has 0 fully saturated rings. The van der Waals surface area contributed by atoms with E-state index in [2.05, 4.69) is 12.6 Å². The van der Waals surface area contributed by atoms with Crippen molar-refractivity contribution in [3.8, 4) is 5.75 Å². The first kappa shape index (κ1) is 12.3. The minimum atomic E-state index is -0.892. The highest BCUT2D eigenvalue weighted by atomic mass is 32.1. The molecule has 0 atom stereocenters. The summed E-state index contributed by atoms with van der Waals surface area (Å²) in [7, 11) is 0. The van der Waals surface area contributed by atoms with Gasteiger partial charge < -0.3 is 4.74 Å². The quantitative estimate of drug-likeness (QED) is 0.784. The van der Waals surface area contributed by atoms with Crippen LogP contribution in [0.4, 0.5) is 8.78 Å². The predicted molar refractivity (Wildman–Crippen MR) is 59.5 cm³/mol. The van der Waals surface area contributed by atoms with Crippen molar-refractivity contribution in [2.24, 2.45) is 5.41 Å². The minimum Gasteiger partial charge on any atom is -0.493 e. The summed E-state index contributed by atoms with van der Waals surface area (Å²) in [6.45, 7) is 4.39.